The second-order valence-electron chi connectivity index (χ2n) is 7.95. The van der Waals surface area contributed by atoms with Gasteiger partial charge in [0.2, 0.25) is 11.3 Å². The largest absolute Gasteiger partial charge is 0.463 e. The molecule has 1 aromatic carbocycles. The summed E-state index contributed by atoms with van der Waals surface area (Å²) in [5, 5.41) is 3.59. The Hall–Kier alpha value is -3.26. The van der Waals surface area contributed by atoms with E-state index in [9.17, 15) is 14.4 Å². The molecule has 0 amide bonds. The number of benzene rings is 1. The van der Waals surface area contributed by atoms with E-state index in [0.717, 1.165) is 0 Å². The van der Waals surface area contributed by atoms with Crippen molar-refractivity contribution in [3.63, 3.8) is 0 Å². The molecular formula is C23H24ClNO7. The molecule has 0 bridgehead atoms. The van der Waals surface area contributed by atoms with Gasteiger partial charge in [0, 0.05) is 10.6 Å². The Kier molecular flexibility index (Phi) is 6.64. The molecule has 3 aromatic rings. The number of hydrogen-bond acceptors (Lipinski definition) is 8. The van der Waals surface area contributed by atoms with Crippen LogP contribution in [-0.4, -0.2) is 30.7 Å². The van der Waals surface area contributed by atoms with E-state index in [4.69, 9.17) is 29.9 Å². The second kappa shape index (κ2) is 9.08. The number of furan rings is 1. The van der Waals surface area contributed by atoms with Gasteiger partial charge in [0.1, 0.15) is 28.5 Å². The van der Waals surface area contributed by atoms with Crippen LogP contribution in [0.5, 0.6) is 0 Å². The Morgan fingerprint density at radius 3 is 2.28 bits per heavy atom. The molecule has 0 atom stereocenters. The third-order valence-electron chi connectivity index (χ3n) is 4.34. The van der Waals surface area contributed by atoms with Crippen LogP contribution in [0, 0.1) is 0 Å². The highest BCUT2D eigenvalue weighted by molar-refractivity contribution is 6.31. The summed E-state index contributed by atoms with van der Waals surface area (Å²) in [6, 6.07) is 4.61. The molecule has 0 fully saturated rings. The van der Waals surface area contributed by atoms with Gasteiger partial charge in [-0.2, -0.15) is 0 Å². The van der Waals surface area contributed by atoms with E-state index in [0.29, 0.717) is 10.6 Å². The Labute approximate surface area is 189 Å². The first-order valence-electron chi connectivity index (χ1n) is 10.1. The maximum Gasteiger partial charge on any atom is 0.344 e. The first-order chi connectivity index (χ1) is 15.1. The summed E-state index contributed by atoms with van der Waals surface area (Å²) in [4.78, 5) is 39.0. The predicted octanol–water partition coefficient (Wildman–Crippen LogP) is 5.27. The van der Waals surface area contributed by atoms with Crippen LogP contribution >= 0.6 is 11.6 Å². The molecule has 2 heterocycles. The first-order valence-corrected chi connectivity index (χ1v) is 10.5. The zero-order chi connectivity index (χ0) is 23.6. The molecule has 9 heteroatoms. The standard InChI is InChI=1S/C23H24ClNO7/c1-6-29-21(27)16-17(22(28)30-7-2)20(25-23(3,4)5)32-19(16)14-11-31-15-9-8-12(24)10-13(15)18(14)26/h8-11,25H,6-7H2,1-5H3. The highest BCUT2D eigenvalue weighted by atomic mass is 35.5. The van der Waals surface area contributed by atoms with E-state index in [1.165, 1.54) is 12.3 Å². The van der Waals surface area contributed by atoms with Crippen molar-refractivity contribution in [3.05, 3.63) is 50.8 Å². The highest BCUT2D eigenvalue weighted by Gasteiger charge is 2.35. The van der Waals surface area contributed by atoms with E-state index in [1.54, 1.807) is 26.0 Å². The number of halogens is 1. The van der Waals surface area contributed by atoms with Crippen molar-refractivity contribution in [2.45, 2.75) is 40.2 Å². The van der Waals surface area contributed by atoms with Crippen molar-refractivity contribution in [1.82, 2.24) is 0 Å². The third kappa shape index (κ3) is 4.65. The molecule has 2 aromatic heterocycles. The first kappa shape index (κ1) is 23.4. The SMILES string of the molecule is CCOC(=O)c1c(NC(C)(C)C)oc(-c2coc3ccc(Cl)cc3c2=O)c1C(=O)OCC. The monoisotopic (exact) mass is 461 g/mol. The summed E-state index contributed by atoms with van der Waals surface area (Å²) in [6.45, 7) is 8.94. The van der Waals surface area contributed by atoms with Gasteiger partial charge < -0.3 is 23.6 Å². The summed E-state index contributed by atoms with van der Waals surface area (Å²) in [6.07, 6.45) is 1.18. The van der Waals surface area contributed by atoms with E-state index in [2.05, 4.69) is 5.32 Å². The number of hydrogen-bond donors (Lipinski definition) is 1. The van der Waals surface area contributed by atoms with Gasteiger partial charge in [-0.05, 0) is 52.8 Å². The minimum absolute atomic E-state index is 0.0143. The molecule has 0 spiro atoms. The van der Waals surface area contributed by atoms with Gasteiger partial charge in [-0.25, -0.2) is 9.59 Å². The van der Waals surface area contributed by atoms with Crippen LogP contribution in [0.4, 0.5) is 5.88 Å². The van der Waals surface area contributed by atoms with Crippen molar-refractivity contribution in [3.8, 4) is 11.3 Å². The van der Waals surface area contributed by atoms with Crippen LogP contribution in [0.1, 0.15) is 55.3 Å². The van der Waals surface area contributed by atoms with Gasteiger partial charge in [0.05, 0.1) is 18.6 Å². The normalized spacial score (nSPS) is 11.4. The van der Waals surface area contributed by atoms with Crippen molar-refractivity contribution in [2.24, 2.45) is 0 Å². The topological polar surface area (TPSA) is 108 Å². The molecule has 8 nitrogen and oxygen atoms in total. The van der Waals surface area contributed by atoms with E-state index in [1.807, 2.05) is 20.8 Å². The Morgan fingerprint density at radius 2 is 1.69 bits per heavy atom. The van der Waals surface area contributed by atoms with Crippen LogP contribution < -0.4 is 10.7 Å². The quantitative estimate of drug-likeness (QED) is 0.494. The van der Waals surface area contributed by atoms with Crippen LogP contribution in [0.25, 0.3) is 22.3 Å². The fourth-order valence-corrected chi connectivity index (χ4v) is 3.28. The van der Waals surface area contributed by atoms with Gasteiger partial charge in [-0.3, -0.25) is 4.79 Å². The molecule has 0 aliphatic carbocycles. The molecule has 3 rings (SSSR count). The van der Waals surface area contributed by atoms with E-state index >= 15 is 0 Å². The van der Waals surface area contributed by atoms with Gasteiger partial charge in [0.15, 0.2) is 5.76 Å². The van der Waals surface area contributed by atoms with Crippen molar-refractivity contribution >= 4 is 40.4 Å². The minimum atomic E-state index is -0.832. The fraction of sp³-hybridized carbons (Fsp3) is 0.348. The number of carbonyl (C=O) groups is 2. The number of fused-ring (bicyclic) bond motifs is 1. The Balaban J connectivity index is 2.36. The fourth-order valence-electron chi connectivity index (χ4n) is 3.11. The Morgan fingerprint density at radius 1 is 1.06 bits per heavy atom. The summed E-state index contributed by atoms with van der Waals surface area (Å²) in [5.41, 5.74) is -1.14. The van der Waals surface area contributed by atoms with Gasteiger partial charge in [-0.1, -0.05) is 11.6 Å². The molecular weight excluding hydrogens is 438 g/mol. The highest BCUT2D eigenvalue weighted by Crippen LogP contribution is 2.37. The zero-order valence-electron chi connectivity index (χ0n) is 18.5. The summed E-state index contributed by atoms with van der Waals surface area (Å²) in [7, 11) is 0. The lowest BCUT2D eigenvalue weighted by molar-refractivity contribution is 0.0481. The molecule has 0 aliphatic rings. The molecule has 32 heavy (non-hydrogen) atoms. The summed E-state index contributed by atoms with van der Waals surface area (Å²) in [5.74, 6) is -1.79. The molecule has 0 radical (unpaired) electrons. The number of anilines is 1. The smallest absolute Gasteiger partial charge is 0.344 e. The third-order valence-corrected chi connectivity index (χ3v) is 4.57. The summed E-state index contributed by atoms with van der Waals surface area (Å²) >= 11 is 6.04. The molecule has 0 unspecified atom stereocenters. The minimum Gasteiger partial charge on any atom is -0.463 e. The van der Waals surface area contributed by atoms with Crippen LogP contribution in [0.15, 0.2) is 38.1 Å². The maximum absolute atomic E-state index is 13.2. The molecule has 0 saturated carbocycles. The van der Waals surface area contributed by atoms with Crippen molar-refractivity contribution in [1.29, 1.82) is 0 Å². The lowest BCUT2D eigenvalue weighted by Gasteiger charge is -2.20. The average Bonchev–Trinajstić information content (AvgIpc) is 3.06. The van der Waals surface area contributed by atoms with Crippen LogP contribution in [-0.2, 0) is 9.47 Å². The van der Waals surface area contributed by atoms with Gasteiger partial charge >= 0.3 is 11.9 Å². The van der Waals surface area contributed by atoms with Crippen molar-refractivity contribution in [2.75, 3.05) is 18.5 Å². The van der Waals surface area contributed by atoms with Gasteiger partial charge in [0.25, 0.3) is 0 Å². The van der Waals surface area contributed by atoms with Crippen LogP contribution in [0.2, 0.25) is 5.02 Å². The number of carbonyl (C=O) groups excluding carboxylic acids is 2. The number of rotatable bonds is 6. The average molecular weight is 462 g/mol. The molecule has 0 aliphatic heterocycles. The molecule has 170 valence electrons. The van der Waals surface area contributed by atoms with E-state index in [-0.39, 0.29) is 46.9 Å². The predicted molar refractivity (Wildman–Crippen MR) is 120 cm³/mol. The maximum atomic E-state index is 13.2. The number of esters is 2. The molecule has 1 N–H and O–H groups in total. The van der Waals surface area contributed by atoms with E-state index < -0.39 is 22.9 Å². The van der Waals surface area contributed by atoms with Crippen LogP contribution in [0.3, 0.4) is 0 Å². The molecule has 0 saturated heterocycles. The summed E-state index contributed by atoms with van der Waals surface area (Å²) < 4.78 is 21.8. The lowest BCUT2D eigenvalue weighted by Crippen LogP contribution is -2.27. The number of nitrogens with one attached hydrogen (secondary N) is 1. The lowest BCUT2D eigenvalue weighted by atomic mass is 10.0. The zero-order valence-corrected chi connectivity index (χ0v) is 19.2. The van der Waals surface area contributed by atoms with Gasteiger partial charge in [-0.15, -0.1) is 0 Å². The Bertz CT molecular complexity index is 1230. The van der Waals surface area contributed by atoms with Crippen molar-refractivity contribution < 1.29 is 27.9 Å². The number of ether oxygens (including phenoxy) is 2. The second-order valence-corrected chi connectivity index (χ2v) is 8.38.